The van der Waals surface area contributed by atoms with Crippen molar-refractivity contribution in [2.45, 2.75) is 12.7 Å². The molecule has 4 nitrogen and oxygen atoms in total. The Morgan fingerprint density at radius 1 is 1.47 bits per heavy atom. The molecule has 1 fully saturated rings. The first-order valence-corrected chi connectivity index (χ1v) is 6.01. The zero-order valence-corrected chi connectivity index (χ0v) is 10.4. The molecule has 0 aliphatic carbocycles. The summed E-state index contributed by atoms with van der Waals surface area (Å²) in [5.74, 6) is 2.08. The SMILES string of the molecule is C#CCNC(=O)N1CC(OCc2ccc(F)cc2)C1. The molecule has 0 atom stereocenters. The second kappa shape index (κ2) is 6.21. The molecule has 2 rings (SSSR count). The number of likely N-dealkylation sites (tertiary alicyclic amines) is 1. The van der Waals surface area contributed by atoms with Gasteiger partial charge in [0, 0.05) is 0 Å². The highest BCUT2D eigenvalue weighted by molar-refractivity contribution is 5.75. The smallest absolute Gasteiger partial charge is 0.318 e. The molecule has 1 saturated heterocycles. The number of halogens is 1. The quantitative estimate of drug-likeness (QED) is 0.833. The minimum Gasteiger partial charge on any atom is -0.370 e. The summed E-state index contributed by atoms with van der Waals surface area (Å²) in [5, 5.41) is 2.59. The van der Waals surface area contributed by atoms with E-state index in [-0.39, 0.29) is 24.5 Å². The standard InChI is InChI=1S/C14H15FN2O2/c1-2-7-16-14(18)17-8-13(9-17)19-10-11-3-5-12(15)6-4-11/h1,3-6,13H,7-10H2,(H,16,18). The van der Waals surface area contributed by atoms with Crippen LogP contribution in [0, 0.1) is 18.2 Å². The van der Waals surface area contributed by atoms with Crippen LogP contribution in [0.1, 0.15) is 5.56 Å². The van der Waals surface area contributed by atoms with E-state index in [4.69, 9.17) is 11.2 Å². The molecule has 19 heavy (non-hydrogen) atoms. The fourth-order valence-corrected chi connectivity index (χ4v) is 1.74. The molecule has 1 heterocycles. The van der Waals surface area contributed by atoms with Crippen LogP contribution in [0.5, 0.6) is 0 Å². The van der Waals surface area contributed by atoms with Gasteiger partial charge >= 0.3 is 6.03 Å². The van der Waals surface area contributed by atoms with Gasteiger partial charge in [-0.15, -0.1) is 6.42 Å². The molecule has 1 aliphatic heterocycles. The van der Waals surface area contributed by atoms with Crippen LogP contribution in [-0.2, 0) is 11.3 Å². The van der Waals surface area contributed by atoms with E-state index in [1.807, 2.05) is 0 Å². The average Bonchev–Trinajstić information content (AvgIpc) is 2.36. The van der Waals surface area contributed by atoms with Gasteiger partial charge < -0.3 is 15.0 Å². The first-order chi connectivity index (χ1) is 9.19. The van der Waals surface area contributed by atoms with Gasteiger partial charge in [0.25, 0.3) is 0 Å². The molecule has 0 spiro atoms. The molecule has 1 aromatic carbocycles. The molecule has 1 aliphatic rings. The number of amides is 2. The Bertz CT molecular complexity index is 475. The zero-order valence-electron chi connectivity index (χ0n) is 10.4. The first kappa shape index (κ1) is 13.4. The minimum atomic E-state index is -0.260. The highest BCUT2D eigenvalue weighted by atomic mass is 19.1. The van der Waals surface area contributed by atoms with E-state index in [2.05, 4.69) is 11.2 Å². The number of rotatable bonds is 4. The summed E-state index contributed by atoms with van der Waals surface area (Å²) in [6.45, 7) is 1.76. The Hall–Kier alpha value is -2.06. The monoisotopic (exact) mass is 262 g/mol. The fourth-order valence-electron chi connectivity index (χ4n) is 1.74. The predicted molar refractivity (Wildman–Crippen MR) is 68.8 cm³/mol. The maximum atomic E-state index is 12.7. The lowest BCUT2D eigenvalue weighted by molar-refractivity contribution is -0.0440. The topological polar surface area (TPSA) is 41.6 Å². The van der Waals surface area contributed by atoms with Crippen LogP contribution in [0.25, 0.3) is 0 Å². The second-order valence-electron chi connectivity index (χ2n) is 4.33. The van der Waals surface area contributed by atoms with Crippen LogP contribution in [0.2, 0.25) is 0 Å². The molecule has 5 heteroatoms. The number of hydrogen-bond acceptors (Lipinski definition) is 2. The summed E-state index contributed by atoms with van der Waals surface area (Å²) in [4.78, 5) is 13.1. The number of carbonyl (C=O) groups excluding carboxylic acids is 1. The van der Waals surface area contributed by atoms with Crippen molar-refractivity contribution in [3.05, 3.63) is 35.6 Å². The van der Waals surface area contributed by atoms with Crippen LogP contribution >= 0.6 is 0 Å². The van der Waals surface area contributed by atoms with Crippen molar-refractivity contribution in [2.75, 3.05) is 19.6 Å². The van der Waals surface area contributed by atoms with E-state index in [9.17, 15) is 9.18 Å². The lowest BCUT2D eigenvalue weighted by Crippen LogP contribution is -2.57. The van der Waals surface area contributed by atoms with Gasteiger partial charge in [-0.2, -0.15) is 0 Å². The van der Waals surface area contributed by atoms with Crippen LogP contribution in [0.15, 0.2) is 24.3 Å². The molecule has 2 amide bonds. The van der Waals surface area contributed by atoms with Gasteiger partial charge in [0.2, 0.25) is 0 Å². The molecule has 0 aromatic heterocycles. The first-order valence-electron chi connectivity index (χ1n) is 6.01. The summed E-state index contributed by atoms with van der Waals surface area (Å²) in [6, 6.07) is 6.01. The van der Waals surface area contributed by atoms with Crippen molar-refractivity contribution in [1.29, 1.82) is 0 Å². The molecular formula is C14H15FN2O2. The van der Waals surface area contributed by atoms with Gasteiger partial charge in [-0.1, -0.05) is 18.1 Å². The Morgan fingerprint density at radius 2 is 2.16 bits per heavy atom. The molecule has 1 N–H and O–H groups in total. The highest BCUT2D eigenvalue weighted by Crippen LogP contribution is 2.14. The molecule has 100 valence electrons. The zero-order chi connectivity index (χ0) is 13.7. The number of hydrogen-bond donors (Lipinski definition) is 1. The van der Waals surface area contributed by atoms with Crippen LogP contribution in [0.3, 0.4) is 0 Å². The van der Waals surface area contributed by atoms with Gasteiger partial charge in [0.05, 0.1) is 32.3 Å². The highest BCUT2D eigenvalue weighted by Gasteiger charge is 2.30. The van der Waals surface area contributed by atoms with Gasteiger partial charge in [0.1, 0.15) is 5.82 Å². The van der Waals surface area contributed by atoms with Crippen molar-refractivity contribution in [3.8, 4) is 12.3 Å². The van der Waals surface area contributed by atoms with E-state index in [1.165, 1.54) is 12.1 Å². The molecule has 0 bridgehead atoms. The maximum absolute atomic E-state index is 12.7. The summed E-state index contributed by atoms with van der Waals surface area (Å²) in [6.07, 6.45) is 5.08. The minimum absolute atomic E-state index is 0.0293. The Labute approximate surface area is 111 Å². The lowest BCUT2D eigenvalue weighted by Gasteiger charge is -2.38. The van der Waals surface area contributed by atoms with E-state index in [1.54, 1.807) is 17.0 Å². The Morgan fingerprint density at radius 3 is 2.79 bits per heavy atom. The van der Waals surface area contributed by atoms with Crippen LogP contribution in [-0.4, -0.2) is 36.7 Å². The Balaban J connectivity index is 1.66. The number of nitrogens with zero attached hydrogens (tertiary/aromatic N) is 1. The summed E-state index contributed by atoms with van der Waals surface area (Å²) >= 11 is 0. The van der Waals surface area contributed by atoms with Crippen molar-refractivity contribution in [1.82, 2.24) is 10.2 Å². The third-order valence-electron chi connectivity index (χ3n) is 2.88. The van der Waals surface area contributed by atoms with Gasteiger partial charge in [-0.05, 0) is 17.7 Å². The van der Waals surface area contributed by atoms with Gasteiger partial charge in [-0.3, -0.25) is 0 Å². The van der Waals surface area contributed by atoms with E-state index >= 15 is 0 Å². The number of benzene rings is 1. The fraction of sp³-hybridized carbons (Fsp3) is 0.357. The van der Waals surface area contributed by atoms with Crippen LogP contribution in [0.4, 0.5) is 9.18 Å². The molecule has 0 unspecified atom stereocenters. The van der Waals surface area contributed by atoms with Crippen molar-refractivity contribution < 1.29 is 13.9 Å². The lowest BCUT2D eigenvalue weighted by atomic mass is 10.2. The van der Waals surface area contributed by atoms with Crippen molar-refractivity contribution >= 4 is 6.03 Å². The van der Waals surface area contributed by atoms with Gasteiger partial charge in [0.15, 0.2) is 0 Å². The summed E-state index contributed by atoms with van der Waals surface area (Å²) in [5.41, 5.74) is 0.914. The molecular weight excluding hydrogens is 247 g/mol. The second-order valence-corrected chi connectivity index (χ2v) is 4.33. The van der Waals surface area contributed by atoms with E-state index in [0.29, 0.717) is 19.7 Å². The number of nitrogens with one attached hydrogen (secondary N) is 1. The number of ether oxygens (including phenoxy) is 1. The molecule has 0 radical (unpaired) electrons. The van der Waals surface area contributed by atoms with E-state index in [0.717, 1.165) is 5.56 Å². The Kier molecular flexibility index (Phi) is 4.37. The molecule has 0 saturated carbocycles. The van der Waals surface area contributed by atoms with E-state index < -0.39 is 0 Å². The average molecular weight is 262 g/mol. The third-order valence-corrected chi connectivity index (χ3v) is 2.88. The van der Waals surface area contributed by atoms with Gasteiger partial charge in [-0.25, -0.2) is 9.18 Å². The van der Waals surface area contributed by atoms with Crippen LogP contribution < -0.4 is 5.32 Å². The molecule has 1 aromatic rings. The van der Waals surface area contributed by atoms with Crippen molar-refractivity contribution in [2.24, 2.45) is 0 Å². The maximum Gasteiger partial charge on any atom is 0.318 e. The predicted octanol–water partition coefficient (Wildman–Crippen LogP) is 1.37. The largest absolute Gasteiger partial charge is 0.370 e. The number of carbonyl (C=O) groups is 1. The summed E-state index contributed by atoms with van der Waals surface area (Å²) < 4.78 is 18.3. The summed E-state index contributed by atoms with van der Waals surface area (Å²) in [7, 11) is 0. The van der Waals surface area contributed by atoms with Crippen molar-refractivity contribution in [3.63, 3.8) is 0 Å². The number of terminal acetylenes is 1. The number of urea groups is 1. The third kappa shape index (κ3) is 3.70. The normalized spacial score (nSPS) is 14.6.